The van der Waals surface area contributed by atoms with Crippen molar-refractivity contribution < 1.29 is 19.0 Å². The number of nitrogens with one attached hydrogen (secondary N) is 1. The van der Waals surface area contributed by atoms with E-state index < -0.39 is 11.7 Å². The van der Waals surface area contributed by atoms with Crippen LogP contribution >= 0.6 is 0 Å². The van der Waals surface area contributed by atoms with E-state index in [2.05, 4.69) is 5.32 Å². The van der Waals surface area contributed by atoms with E-state index in [1.165, 1.54) is 12.1 Å². The molecule has 0 aliphatic heterocycles. The molecule has 0 radical (unpaired) electrons. The van der Waals surface area contributed by atoms with E-state index in [9.17, 15) is 9.18 Å². The second-order valence-corrected chi connectivity index (χ2v) is 4.85. The summed E-state index contributed by atoms with van der Waals surface area (Å²) in [6, 6.07) is 11.7. The fourth-order valence-corrected chi connectivity index (χ4v) is 2.02. The zero-order valence-corrected chi connectivity index (χ0v) is 12.3. The standard InChI is InChI=1S/C17H18FNO3/c1-12-6-7-14(15(18)10-12)17(21)19-11-13-4-2-3-5-16(13)22-9-8-20/h2-7,10,20H,8-9,11H2,1H3,(H,19,21). The molecule has 0 saturated carbocycles. The number of aliphatic hydroxyl groups is 1. The number of benzene rings is 2. The number of rotatable bonds is 6. The Kier molecular flexibility index (Phi) is 5.49. The highest BCUT2D eigenvalue weighted by Gasteiger charge is 2.12. The zero-order chi connectivity index (χ0) is 15.9. The number of aliphatic hydroxyl groups excluding tert-OH is 1. The quantitative estimate of drug-likeness (QED) is 0.861. The van der Waals surface area contributed by atoms with Crippen LogP contribution in [-0.2, 0) is 6.54 Å². The van der Waals surface area contributed by atoms with Gasteiger partial charge in [-0.3, -0.25) is 4.79 Å². The molecule has 2 rings (SSSR count). The Balaban J connectivity index is 2.05. The molecule has 116 valence electrons. The van der Waals surface area contributed by atoms with Crippen LogP contribution < -0.4 is 10.1 Å². The van der Waals surface area contributed by atoms with E-state index in [0.717, 1.165) is 11.1 Å². The molecule has 0 aromatic heterocycles. The van der Waals surface area contributed by atoms with E-state index in [1.807, 2.05) is 6.07 Å². The van der Waals surface area contributed by atoms with Crippen molar-refractivity contribution in [2.45, 2.75) is 13.5 Å². The third kappa shape index (κ3) is 4.05. The van der Waals surface area contributed by atoms with Crippen molar-refractivity contribution in [3.8, 4) is 5.75 Å². The van der Waals surface area contributed by atoms with Gasteiger partial charge in [0.05, 0.1) is 12.2 Å². The summed E-state index contributed by atoms with van der Waals surface area (Å²) in [5.74, 6) is -0.432. The van der Waals surface area contributed by atoms with E-state index in [0.29, 0.717) is 5.75 Å². The maximum Gasteiger partial charge on any atom is 0.254 e. The molecule has 0 unspecified atom stereocenters. The maximum atomic E-state index is 13.8. The number of carbonyl (C=O) groups excluding carboxylic acids is 1. The van der Waals surface area contributed by atoms with E-state index in [4.69, 9.17) is 9.84 Å². The Morgan fingerprint density at radius 3 is 2.77 bits per heavy atom. The first kappa shape index (κ1) is 16.0. The molecular weight excluding hydrogens is 285 g/mol. The van der Waals surface area contributed by atoms with Crippen LogP contribution in [0.3, 0.4) is 0 Å². The molecule has 2 N–H and O–H groups in total. The van der Waals surface area contributed by atoms with Crippen molar-refractivity contribution in [2.24, 2.45) is 0 Å². The Labute approximate surface area is 128 Å². The van der Waals surface area contributed by atoms with Gasteiger partial charge in [-0.2, -0.15) is 0 Å². The molecular formula is C17H18FNO3. The largest absolute Gasteiger partial charge is 0.491 e. The highest BCUT2D eigenvalue weighted by Crippen LogP contribution is 2.18. The molecule has 0 spiro atoms. The summed E-state index contributed by atoms with van der Waals surface area (Å²) in [5, 5.41) is 11.5. The van der Waals surface area contributed by atoms with Gasteiger partial charge in [0.1, 0.15) is 18.2 Å². The van der Waals surface area contributed by atoms with Gasteiger partial charge in [0.15, 0.2) is 0 Å². The third-order valence-corrected chi connectivity index (χ3v) is 3.13. The second-order valence-electron chi connectivity index (χ2n) is 4.85. The fraction of sp³-hybridized carbons (Fsp3) is 0.235. The van der Waals surface area contributed by atoms with Gasteiger partial charge < -0.3 is 15.2 Å². The highest BCUT2D eigenvalue weighted by atomic mass is 19.1. The van der Waals surface area contributed by atoms with Crippen LogP contribution in [0.1, 0.15) is 21.5 Å². The van der Waals surface area contributed by atoms with Gasteiger partial charge in [-0.25, -0.2) is 4.39 Å². The van der Waals surface area contributed by atoms with Crippen molar-refractivity contribution in [3.63, 3.8) is 0 Å². The second kappa shape index (κ2) is 7.56. The van der Waals surface area contributed by atoms with Crippen LogP contribution in [0.2, 0.25) is 0 Å². The minimum absolute atomic E-state index is 0.0133. The van der Waals surface area contributed by atoms with Gasteiger partial charge in [0.2, 0.25) is 0 Å². The molecule has 0 atom stereocenters. The van der Waals surface area contributed by atoms with E-state index in [-0.39, 0.29) is 25.3 Å². The average molecular weight is 303 g/mol. The Hall–Kier alpha value is -2.40. The van der Waals surface area contributed by atoms with Gasteiger partial charge in [-0.1, -0.05) is 24.3 Å². The first-order valence-electron chi connectivity index (χ1n) is 6.97. The number of aryl methyl sites for hydroxylation is 1. The van der Waals surface area contributed by atoms with Crippen LogP contribution in [0, 0.1) is 12.7 Å². The Morgan fingerprint density at radius 1 is 1.27 bits per heavy atom. The van der Waals surface area contributed by atoms with Gasteiger partial charge >= 0.3 is 0 Å². The first-order valence-corrected chi connectivity index (χ1v) is 6.97. The fourth-order valence-electron chi connectivity index (χ4n) is 2.02. The minimum Gasteiger partial charge on any atom is -0.491 e. The molecule has 0 saturated heterocycles. The lowest BCUT2D eigenvalue weighted by atomic mass is 10.1. The normalized spacial score (nSPS) is 10.3. The summed E-state index contributed by atoms with van der Waals surface area (Å²) >= 11 is 0. The molecule has 0 heterocycles. The van der Waals surface area contributed by atoms with Crippen molar-refractivity contribution >= 4 is 5.91 Å². The lowest BCUT2D eigenvalue weighted by molar-refractivity contribution is 0.0946. The molecule has 5 heteroatoms. The van der Waals surface area contributed by atoms with Crippen LogP contribution in [0.4, 0.5) is 4.39 Å². The van der Waals surface area contributed by atoms with E-state index in [1.54, 1.807) is 31.2 Å². The van der Waals surface area contributed by atoms with Gasteiger partial charge in [0, 0.05) is 12.1 Å². The number of hydrogen-bond acceptors (Lipinski definition) is 3. The summed E-state index contributed by atoms with van der Waals surface area (Å²) in [7, 11) is 0. The molecule has 2 aromatic carbocycles. The molecule has 22 heavy (non-hydrogen) atoms. The van der Waals surface area contributed by atoms with Crippen LogP contribution in [0.5, 0.6) is 5.75 Å². The lowest BCUT2D eigenvalue weighted by Gasteiger charge is -2.12. The molecule has 2 aromatic rings. The lowest BCUT2D eigenvalue weighted by Crippen LogP contribution is -2.24. The molecule has 4 nitrogen and oxygen atoms in total. The third-order valence-electron chi connectivity index (χ3n) is 3.13. The van der Waals surface area contributed by atoms with Crippen molar-refractivity contribution in [3.05, 3.63) is 65.0 Å². The minimum atomic E-state index is -0.540. The molecule has 1 amide bonds. The number of halogens is 1. The highest BCUT2D eigenvalue weighted by molar-refractivity contribution is 5.94. The maximum absolute atomic E-state index is 13.8. The van der Waals surface area contributed by atoms with E-state index >= 15 is 0 Å². The van der Waals surface area contributed by atoms with Crippen LogP contribution in [-0.4, -0.2) is 24.2 Å². The summed E-state index contributed by atoms with van der Waals surface area (Å²) in [4.78, 5) is 12.0. The van der Waals surface area contributed by atoms with Crippen molar-refractivity contribution in [2.75, 3.05) is 13.2 Å². The number of ether oxygens (including phenoxy) is 1. The monoisotopic (exact) mass is 303 g/mol. The Morgan fingerprint density at radius 2 is 2.05 bits per heavy atom. The molecule has 0 bridgehead atoms. The predicted octanol–water partition coefficient (Wildman–Crippen LogP) is 2.44. The first-order chi connectivity index (χ1) is 10.6. The number of para-hydroxylation sites is 1. The van der Waals surface area contributed by atoms with Gasteiger partial charge in [-0.05, 0) is 30.7 Å². The summed E-state index contributed by atoms with van der Waals surface area (Å²) in [6.07, 6.45) is 0. The molecule has 0 fully saturated rings. The SMILES string of the molecule is Cc1ccc(C(=O)NCc2ccccc2OCCO)c(F)c1. The molecule has 0 aliphatic carbocycles. The Bertz CT molecular complexity index is 658. The number of carbonyl (C=O) groups is 1. The number of amides is 1. The zero-order valence-electron chi connectivity index (χ0n) is 12.3. The topological polar surface area (TPSA) is 58.6 Å². The van der Waals surface area contributed by atoms with Crippen molar-refractivity contribution in [1.29, 1.82) is 0 Å². The summed E-state index contributed by atoms with van der Waals surface area (Å²) in [6.45, 7) is 2.07. The van der Waals surface area contributed by atoms with Crippen LogP contribution in [0.15, 0.2) is 42.5 Å². The van der Waals surface area contributed by atoms with Gasteiger partial charge in [-0.15, -0.1) is 0 Å². The summed E-state index contributed by atoms with van der Waals surface area (Å²) < 4.78 is 19.1. The smallest absolute Gasteiger partial charge is 0.254 e. The average Bonchev–Trinajstić information content (AvgIpc) is 2.51. The van der Waals surface area contributed by atoms with Gasteiger partial charge in [0.25, 0.3) is 5.91 Å². The summed E-state index contributed by atoms with van der Waals surface area (Å²) in [5.41, 5.74) is 1.54. The number of hydrogen-bond donors (Lipinski definition) is 2. The predicted molar refractivity (Wildman–Crippen MR) is 81.3 cm³/mol. The molecule has 0 aliphatic rings. The van der Waals surface area contributed by atoms with Crippen molar-refractivity contribution in [1.82, 2.24) is 5.32 Å². The van der Waals surface area contributed by atoms with Crippen LogP contribution in [0.25, 0.3) is 0 Å².